The lowest BCUT2D eigenvalue weighted by atomic mass is 10.3. The Labute approximate surface area is 117 Å². The van der Waals surface area contributed by atoms with E-state index in [0.29, 0.717) is 23.7 Å². The molecule has 104 valence electrons. The van der Waals surface area contributed by atoms with Crippen LogP contribution < -0.4 is 10.6 Å². The molecule has 0 fully saturated rings. The van der Waals surface area contributed by atoms with E-state index < -0.39 is 0 Å². The molecule has 19 heavy (non-hydrogen) atoms. The summed E-state index contributed by atoms with van der Waals surface area (Å²) >= 11 is 5.82. The molecule has 0 atom stereocenters. The Morgan fingerprint density at radius 2 is 2.11 bits per heavy atom. The summed E-state index contributed by atoms with van der Waals surface area (Å²) in [6, 6.07) is 6.87. The maximum absolute atomic E-state index is 11.7. The van der Waals surface area contributed by atoms with Crippen LogP contribution in [-0.4, -0.2) is 43.9 Å². The fourth-order valence-corrected chi connectivity index (χ4v) is 1.68. The van der Waals surface area contributed by atoms with Gasteiger partial charge in [0.25, 0.3) is 0 Å². The number of carbonyl (C=O) groups is 2. The molecule has 5 nitrogen and oxygen atoms in total. The van der Waals surface area contributed by atoms with Gasteiger partial charge < -0.3 is 15.5 Å². The molecule has 0 saturated carbocycles. The number of hydrogen-bond acceptors (Lipinski definition) is 3. The van der Waals surface area contributed by atoms with Crippen LogP contribution in [-0.2, 0) is 9.59 Å². The molecule has 6 heteroatoms. The highest BCUT2D eigenvalue weighted by Gasteiger charge is 2.12. The van der Waals surface area contributed by atoms with Gasteiger partial charge in [-0.15, -0.1) is 0 Å². The van der Waals surface area contributed by atoms with Crippen LogP contribution in [0.3, 0.4) is 0 Å². The number of likely N-dealkylation sites (N-methyl/N-ethyl adjacent to an activating group) is 1. The SMILES string of the molecule is CNCCC(=O)N(C)CC(=O)Nc1cccc(Cl)c1. The zero-order valence-electron chi connectivity index (χ0n) is 11.1. The van der Waals surface area contributed by atoms with Gasteiger partial charge in [-0.05, 0) is 25.2 Å². The number of benzene rings is 1. The number of nitrogens with one attached hydrogen (secondary N) is 2. The molecule has 0 aliphatic carbocycles. The van der Waals surface area contributed by atoms with Gasteiger partial charge in [0.1, 0.15) is 0 Å². The van der Waals surface area contributed by atoms with E-state index >= 15 is 0 Å². The van der Waals surface area contributed by atoms with Gasteiger partial charge in [-0.25, -0.2) is 0 Å². The van der Waals surface area contributed by atoms with Crippen LogP contribution in [0.1, 0.15) is 6.42 Å². The number of hydrogen-bond donors (Lipinski definition) is 2. The van der Waals surface area contributed by atoms with Crippen molar-refractivity contribution < 1.29 is 9.59 Å². The van der Waals surface area contributed by atoms with E-state index in [4.69, 9.17) is 11.6 Å². The molecule has 0 aliphatic heterocycles. The van der Waals surface area contributed by atoms with E-state index in [9.17, 15) is 9.59 Å². The molecule has 0 unspecified atom stereocenters. The topological polar surface area (TPSA) is 61.4 Å². The van der Waals surface area contributed by atoms with Crippen molar-refractivity contribution in [1.82, 2.24) is 10.2 Å². The van der Waals surface area contributed by atoms with Crippen molar-refractivity contribution in [3.8, 4) is 0 Å². The fourth-order valence-electron chi connectivity index (χ4n) is 1.49. The standard InChI is InChI=1S/C13H18ClN3O2/c1-15-7-6-13(19)17(2)9-12(18)16-11-5-3-4-10(14)8-11/h3-5,8,15H,6-7,9H2,1-2H3,(H,16,18). The minimum Gasteiger partial charge on any atom is -0.336 e. The summed E-state index contributed by atoms with van der Waals surface area (Å²) < 4.78 is 0. The van der Waals surface area contributed by atoms with Crippen LogP contribution in [0.5, 0.6) is 0 Å². The van der Waals surface area contributed by atoms with Gasteiger partial charge in [0.05, 0.1) is 6.54 Å². The van der Waals surface area contributed by atoms with Crippen molar-refractivity contribution in [1.29, 1.82) is 0 Å². The Morgan fingerprint density at radius 1 is 1.37 bits per heavy atom. The molecule has 0 spiro atoms. The Kier molecular flexibility index (Phi) is 6.32. The lowest BCUT2D eigenvalue weighted by Crippen LogP contribution is -2.36. The molecular weight excluding hydrogens is 266 g/mol. The highest BCUT2D eigenvalue weighted by atomic mass is 35.5. The second-order valence-corrected chi connectivity index (χ2v) is 4.60. The number of carbonyl (C=O) groups excluding carboxylic acids is 2. The van der Waals surface area contributed by atoms with Crippen LogP contribution in [0.2, 0.25) is 5.02 Å². The molecule has 0 radical (unpaired) electrons. The maximum atomic E-state index is 11.7. The van der Waals surface area contributed by atoms with Crippen molar-refractivity contribution >= 4 is 29.1 Å². The molecule has 0 bridgehead atoms. The monoisotopic (exact) mass is 283 g/mol. The Hall–Kier alpha value is -1.59. The quantitative estimate of drug-likeness (QED) is 0.828. The molecule has 0 aliphatic rings. The maximum Gasteiger partial charge on any atom is 0.243 e. The van der Waals surface area contributed by atoms with Crippen molar-refractivity contribution in [3.05, 3.63) is 29.3 Å². The van der Waals surface area contributed by atoms with Crippen LogP contribution in [0.15, 0.2) is 24.3 Å². The highest BCUT2D eigenvalue weighted by Crippen LogP contribution is 2.14. The lowest BCUT2D eigenvalue weighted by molar-refractivity contribution is -0.133. The van der Waals surface area contributed by atoms with Gasteiger partial charge in [0, 0.05) is 30.7 Å². The predicted octanol–water partition coefficient (Wildman–Crippen LogP) is 1.35. The summed E-state index contributed by atoms with van der Waals surface area (Å²) in [6.45, 7) is 0.619. The molecule has 0 saturated heterocycles. The Balaban J connectivity index is 2.44. The van der Waals surface area contributed by atoms with Gasteiger partial charge in [-0.2, -0.15) is 0 Å². The number of nitrogens with zero attached hydrogens (tertiary/aromatic N) is 1. The summed E-state index contributed by atoms with van der Waals surface area (Å²) in [6.07, 6.45) is 0.372. The third kappa shape index (κ3) is 5.72. The average Bonchev–Trinajstić information content (AvgIpc) is 2.35. The van der Waals surface area contributed by atoms with Crippen LogP contribution in [0.4, 0.5) is 5.69 Å². The minimum atomic E-state index is -0.248. The summed E-state index contributed by atoms with van der Waals surface area (Å²) in [5.74, 6) is -0.321. The molecule has 1 rings (SSSR count). The lowest BCUT2D eigenvalue weighted by Gasteiger charge is -2.16. The first-order valence-corrected chi connectivity index (χ1v) is 6.34. The predicted molar refractivity (Wildman–Crippen MR) is 76.3 cm³/mol. The zero-order chi connectivity index (χ0) is 14.3. The highest BCUT2D eigenvalue weighted by molar-refractivity contribution is 6.30. The number of rotatable bonds is 6. The van der Waals surface area contributed by atoms with E-state index in [1.807, 2.05) is 0 Å². The van der Waals surface area contributed by atoms with E-state index in [2.05, 4.69) is 10.6 Å². The van der Waals surface area contributed by atoms with Gasteiger partial charge in [0.15, 0.2) is 0 Å². The molecule has 2 amide bonds. The van der Waals surface area contributed by atoms with E-state index in [1.165, 1.54) is 4.90 Å². The first kappa shape index (κ1) is 15.5. The van der Waals surface area contributed by atoms with Crippen molar-refractivity contribution in [2.45, 2.75) is 6.42 Å². The normalized spacial score (nSPS) is 10.1. The second-order valence-electron chi connectivity index (χ2n) is 4.16. The van der Waals surface area contributed by atoms with E-state index in [-0.39, 0.29) is 18.4 Å². The summed E-state index contributed by atoms with van der Waals surface area (Å²) in [5.41, 5.74) is 0.619. The molecule has 0 aromatic heterocycles. The molecule has 0 heterocycles. The van der Waals surface area contributed by atoms with Crippen molar-refractivity contribution in [2.75, 3.05) is 32.5 Å². The molecular formula is C13H18ClN3O2. The summed E-state index contributed by atoms with van der Waals surface area (Å²) in [4.78, 5) is 24.8. The number of anilines is 1. The largest absolute Gasteiger partial charge is 0.336 e. The smallest absolute Gasteiger partial charge is 0.243 e. The average molecular weight is 284 g/mol. The van der Waals surface area contributed by atoms with Gasteiger partial charge >= 0.3 is 0 Å². The number of amides is 2. The van der Waals surface area contributed by atoms with Gasteiger partial charge in [-0.3, -0.25) is 9.59 Å². The first-order chi connectivity index (χ1) is 9.02. The molecule has 1 aromatic rings. The van der Waals surface area contributed by atoms with Gasteiger partial charge in [-0.1, -0.05) is 17.7 Å². The van der Waals surface area contributed by atoms with Crippen LogP contribution in [0, 0.1) is 0 Å². The van der Waals surface area contributed by atoms with E-state index in [1.54, 1.807) is 38.4 Å². The first-order valence-electron chi connectivity index (χ1n) is 5.97. The zero-order valence-corrected chi connectivity index (χ0v) is 11.8. The fraction of sp³-hybridized carbons (Fsp3) is 0.385. The second kappa shape index (κ2) is 7.76. The molecule has 1 aromatic carbocycles. The van der Waals surface area contributed by atoms with E-state index in [0.717, 1.165) is 0 Å². The third-order valence-electron chi connectivity index (χ3n) is 2.50. The summed E-state index contributed by atoms with van der Waals surface area (Å²) in [7, 11) is 3.38. The molecule has 2 N–H and O–H groups in total. The van der Waals surface area contributed by atoms with Crippen molar-refractivity contribution in [3.63, 3.8) is 0 Å². The Bertz CT molecular complexity index is 451. The Morgan fingerprint density at radius 3 is 2.74 bits per heavy atom. The minimum absolute atomic E-state index is 0.0229. The van der Waals surface area contributed by atoms with Gasteiger partial charge in [0.2, 0.25) is 11.8 Å². The van der Waals surface area contributed by atoms with Crippen LogP contribution >= 0.6 is 11.6 Å². The summed E-state index contributed by atoms with van der Waals surface area (Å²) in [5, 5.41) is 6.13. The van der Waals surface area contributed by atoms with Crippen LogP contribution in [0.25, 0.3) is 0 Å². The number of halogens is 1. The van der Waals surface area contributed by atoms with Crippen molar-refractivity contribution in [2.24, 2.45) is 0 Å². The third-order valence-corrected chi connectivity index (χ3v) is 2.74.